The van der Waals surface area contributed by atoms with Gasteiger partial charge in [0.25, 0.3) is 5.91 Å². The highest BCUT2D eigenvalue weighted by molar-refractivity contribution is 5.95. The molecular weight excluding hydrogens is 422 g/mol. The van der Waals surface area contributed by atoms with E-state index in [0.29, 0.717) is 29.9 Å². The van der Waals surface area contributed by atoms with Gasteiger partial charge in [-0.1, -0.05) is 18.2 Å². The molecule has 0 spiro atoms. The van der Waals surface area contributed by atoms with Crippen molar-refractivity contribution in [1.29, 1.82) is 0 Å². The molecule has 1 atom stereocenters. The Kier molecular flexibility index (Phi) is 6.88. The first kappa shape index (κ1) is 22.3. The minimum absolute atomic E-state index is 0.163. The summed E-state index contributed by atoms with van der Waals surface area (Å²) >= 11 is 0. The predicted molar refractivity (Wildman–Crippen MR) is 124 cm³/mol. The zero-order valence-electron chi connectivity index (χ0n) is 18.9. The number of carbonyl (C=O) groups is 1. The largest absolute Gasteiger partial charge is 0.497 e. The second-order valence-corrected chi connectivity index (χ2v) is 7.72. The van der Waals surface area contributed by atoms with E-state index in [4.69, 9.17) is 23.7 Å². The Labute approximate surface area is 193 Å². The van der Waals surface area contributed by atoms with Gasteiger partial charge >= 0.3 is 0 Å². The quantitative estimate of drug-likeness (QED) is 0.532. The molecule has 1 aliphatic rings. The molecule has 1 N–H and O–H groups in total. The van der Waals surface area contributed by atoms with E-state index in [2.05, 4.69) is 5.32 Å². The highest BCUT2D eigenvalue weighted by Crippen LogP contribution is 2.33. The molecule has 7 nitrogen and oxygen atoms in total. The van der Waals surface area contributed by atoms with Crippen molar-refractivity contribution in [3.05, 3.63) is 77.4 Å². The summed E-state index contributed by atoms with van der Waals surface area (Å²) in [4.78, 5) is 13.2. The molecule has 4 rings (SSSR count). The van der Waals surface area contributed by atoms with Crippen LogP contribution in [0.15, 0.2) is 60.7 Å². The van der Waals surface area contributed by atoms with Crippen LogP contribution in [0.1, 0.15) is 21.5 Å². The normalized spacial score (nSPS) is 12.7. The lowest BCUT2D eigenvalue weighted by Gasteiger charge is -2.20. The summed E-state index contributed by atoms with van der Waals surface area (Å²) in [6, 6.07) is 18.7. The van der Waals surface area contributed by atoms with Crippen molar-refractivity contribution in [2.24, 2.45) is 0 Å². The molecule has 7 heteroatoms. The topological polar surface area (TPSA) is 75.2 Å². The Morgan fingerprint density at radius 1 is 0.788 bits per heavy atom. The molecule has 3 aromatic rings. The molecule has 1 amide bonds. The van der Waals surface area contributed by atoms with Crippen LogP contribution in [0.3, 0.4) is 0 Å². The number of rotatable bonds is 9. The van der Waals surface area contributed by atoms with Crippen molar-refractivity contribution < 1.29 is 28.5 Å². The molecule has 0 aliphatic carbocycles. The van der Waals surface area contributed by atoms with E-state index in [1.54, 1.807) is 39.5 Å². The minimum atomic E-state index is -0.202. The van der Waals surface area contributed by atoms with Gasteiger partial charge < -0.3 is 29.0 Å². The average molecular weight is 450 g/mol. The standard InChI is InChI=1S/C26H27NO6/c1-29-21-7-4-17(5-8-21)10-20(11-18-6-9-24-25(12-18)33-16-32-24)27-26(28)19-13-22(30-2)15-23(14-19)31-3/h4-9,12-15,20H,10-11,16H2,1-3H3,(H,27,28)/t20-/m1/s1. The van der Waals surface area contributed by atoms with Crippen molar-refractivity contribution in [3.8, 4) is 28.7 Å². The van der Waals surface area contributed by atoms with Gasteiger partial charge in [0.15, 0.2) is 11.5 Å². The number of hydrogen-bond donors (Lipinski definition) is 1. The van der Waals surface area contributed by atoms with Crippen LogP contribution < -0.4 is 29.0 Å². The summed E-state index contributed by atoms with van der Waals surface area (Å²) in [5.74, 6) is 3.16. The van der Waals surface area contributed by atoms with Crippen molar-refractivity contribution in [3.63, 3.8) is 0 Å². The average Bonchev–Trinajstić information content (AvgIpc) is 3.32. The lowest BCUT2D eigenvalue weighted by molar-refractivity contribution is 0.0936. The lowest BCUT2D eigenvalue weighted by Crippen LogP contribution is -2.38. The molecule has 0 unspecified atom stereocenters. The molecule has 3 aromatic carbocycles. The number of fused-ring (bicyclic) bond motifs is 1. The van der Waals surface area contributed by atoms with Gasteiger partial charge in [0, 0.05) is 17.7 Å². The monoisotopic (exact) mass is 449 g/mol. The van der Waals surface area contributed by atoms with Crippen LogP contribution in [-0.2, 0) is 12.8 Å². The fourth-order valence-electron chi connectivity index (χ4n) is 3.78. The van der Waals surface area contributed by atoms with Crippen LogP contribution in [0.4, 0.5) is 0 Å². The van der Waals surface area contributed by atoms with Gasteiger partial charge in [-0.3, -0.25) is 4.79 Å². The molecule has 0 aromatic heterocycles. The third-order valence-electron chi connectivity index (χ3n) is 5.51. The van der Waals surface area contributed by atoms with Crippen molar-refractivity contribution in [2.75, 3.05) is 28.1 Å². The summed E-state index contributed by atoms with van der Waals surface area (Å²) in [6.45, 7) is 0.225. The maximum absolute atomic E-state index is 13.2. The number of nitrogens with one attached hydrogen (secondary N) is 1. The van der Waals surface area contributed by atoms with Crippen LogP contribution >= 0.6 is 0 Å². The first-order valence-corrected chi connectivity index (χ1v) is 10.6. The zero-order valence-corrected chi connectivity index (χ0v) is 18.9. The van der Waals surface area contributed by atoms with Crippen LogP contribution in [-0.4, -0.2) is 40.1 Å². The summed E-state index contributed by atoms with van der Waals surface area (Å²) in [5, 5.41) is 3.18. The first-order valence-electron chi connectivity index (χ1n) is 10.6. The summed E-state index contributed by atoms with van der Waals surface area (Å²) < 4.78 is 26.8. The van der Waals surface area contributed by atoms with E-state index in [1.807, 2.05) is 42.5 Å². The third-order valence-corrected chi connectivity index (χ3v) is 5.51. The van der Waals surface area contributed by atoms with Crippen molar-refractivity contribution in [1.82, 2.24) is 5.32 Å². The predicted octanol–water partition coefficient (Wildman–Crippen LogP) is 4.02. The molecule has 1 heterocycles. The number of amides is 1. The third kappa shape index (κ3) is 5.49. The second kappa shape index (κ2) is 10.2. The fraction of sp³-hybridized carbons (Fsp3) is 0.269. The van der Waals surface area contributed by atoms with Gasteiger partial charge in [-0.05, 0) is 60.4 Å². The molecule has 0 bridgehead atoms. The number of ether oxygens (including phenoxy) is 5. The van der Waals surface area contributed by atoms with Crippen LogP contribution in [0.25, 0.3) is 0 Å². The molecule has 0 radical (unpaired) electrons. The molecule has 0 saturated heterocycles. The van der Waals surface area contributed by atoms with Gasteiger partial charge in [0.2, 0.25) is 6.79 Å². The van der Waals surface area contributed by atoms with Gasteiger partial charge in [0.05, 0.1) is 21.3 Å². The second-order valence-electron chi connectivity index (χ2n) is 7.72. The number of benzene rings is 3. The Morgan fingerprint density at radius 2 is 1.39 bits per heavy atom. The molecule has 33 heavy (non-hydrogen) atoms. The van der Waals surface area contributed by atoms with Gasteiger partial charge in [0.1, 0.15) is 17.2 Å². The van der Waals surface area contributed by atoms with Crippen LogP contribution in [0.5, 0.6) is 28.7 Å². The highest BCUT2D eigenvalue weighted by Gasteiger charge is 2.19. The zero-order chi connectivity index (χ0) is 23.2. The minimum Gasteiger partial charge on any atom is -0.497 e. The van der Waals surface area contributed by atoms with Gasteiger partial charge in [-0.2, -0.15) is 0 Å². The number of methoxy groups -OCH3 is 3. The molecular formula is C26H27NO6. The van der Waals surface area contributed by atoms with E-state index >= 15 is 0 Å². The Balaban J connectivity index is 1.56. The van der Waals surface area contributed by atoms with Crippen LogP contribution in [0.2, 0.25) is 0 Å². The molecule has 1 aliphatic heterocycles. The van der Waals surface area contributed by atoms with E-state index in [9.17, 15) is 4.79 Å². The summed E-state index contributed by atoms with van der Waals surface area (Å²) in [5.41, 5.74) is 2.60. The van der Waals surface area contributed by atoms with Crippen molar-refractivity contribution in [2.45, 2.75) is 18.9 Å². The van der Waals surface area contributed by atoms with E-state index in [0.717, 1.165) is 28.4 Å². The SMILES string of the molecule is COc1ccc(C[C@H](Cc2ccc3c(c2)OCO3)NC(=O)c2cc(OC)cc(OC)c2)cc1. The smallest absolute Gasteiger partial charge is 0.251 e. The van der Waals surface area contributed by atoms with E-state index in [1.165, 1.54) is 0 Å². The Morgan fingerprint density at radius 3 is 2.06 bits per heavy atom. The lowest BCUT2D eigenvalue weighted by atomic mass is 9.98. The maximum atomic E-state index is 13.2. The summed E-state index contributed by atoms with van der Waals surface area (Å²) in [7, 11) is 4.76. The highest BCUT2D eigenvalue weighted by atomic mass is 16.7. The number of hydrogen-bond acceptors (Lipinski definition) is 6. The van der Waals surface area contributed by atoms with Crippen molar-refractivity contribution >= 4 is 5.91 Å². The summed E-state index contributed by atoms with van der Waals surface area (Å²) in [6.07, 6.45) is 1.26. The van der Waals surface area contributed by atoms with Gasteiger partial charge in [-0.25, -0.2) is 0 Å². The Hall–Kier alpha value is -3.87. The Bertz CT molecular complexity index is 1090. The molecule has 0 saturated carbocycles. The molecule has 0 fully saturated rings. The number of carbonyl (C=O) groups excluding carboxylic acids is 1. The maximum Gasteiger partial charge on any atom is 0.251 e. The van der Waals surface area contributed by atoms with E-state index in [-0.39, 0.29) is 18.7 Å². The molecule has 172 valence electrons. The fourth-order valence-corrected chi connectivity index (χ4v) is 3.78. The first-order chi connectivity index (χ1) is 16.1. The van der Waals surface area contributed by atoms with E-state index < -0.39 is 0 Å². The van der Waals surface area contributed by atoms with Crippen LogP contribution in [0, 0.1) is 0 Å². The van der Waals surface area contributed by atoms with Gasteiger partial charge in [-0.15, -0.1) is 0 Å².